The number of rotatable bonds is 4. The van der Waals surface area contributed by atoms with Crippen LogP contribution in [0.15, 0.2) is 64.1 Å². The first-order valence-corrected chi connectivity index (χ1v) is 8.63. The molecule has 2 heterocycles. The van der Waals surface area contributed by atoms with E-state index < -0.39 is 0 Å². The number of nitrogens with zero attached hydrogens (tertiary/aromatic N) is 1. The summed E-state index contributed by atoms with van der Waals surface area (Å²) in [6.45, 7) is 1.83. The van der Waals surface area contributed by atoms with Crippen molar-refractivity contribution in [2.75, 3.05) is 0 Å². The van der Waals surface area contributed by atoms with Crippen molar-refractivity contribution in [3.8, 4) is 0 Å². The minimum absolute atomic E-state index is 0.282. The van der Waals surface area contributed by atoms with Crippen LogP contribution in [0.2, 0.25) is 0 Å². The maximum atomic E-state index is 12.4. The molecular formula is C18H14N2O3S2. The molecule has 0 radical (unpaired) electrons. The highest BCUT2D eigenvalue weighted by atomic mass is 32.2. The van der Waals surface area contributed by atoms with Gasteiger partial charge in [0.1, 0.15) is 5.76 Å². The summed E-state index contributed by atoms with van der Waals surface area (Å²) in [7, 11) is 0. The molecule has 1 saturated heterocycles. The molecule has 1 aromatic carbocycles. The molecule has 1 aromatic heterocycles. The van der Waals surface area contributed by atoms with Gasteiger partial charge in [0.2, 0.25) is 0 Å². The first-order chi connectivity index (χ1) is 12.1. The van der Waals surface area contributed by atoms with Crippen molar-refractivity contribution >= 4 is 46.2 Å². The van der Waals surface area contributed by atoms with Gasteiger partial charge in [0.25, 0.3) is 11.8 Å². The summed E-state index contributed by atoms with van der Waals surface area (Å²) >= 11 is 6.33. The van der Waals surface area contributed by atoms with Crippen molar-refractivity contribution in [1.82, 2.24) is 10.4 Å². The largest absolute Gasteiger partial charge is 0.465 e. The van der Waals surface area contributed by atoms with Crippen LogP contribution in [0.25, 0.3) is 6.08 Å². The number of thiocarbonyl (C=S) groups is 1. The van der Waals surface area contributed by atoms with Gasteiger partial charge >= 0.3 is 0 Å². The Hall–Kier alpha value is -2.64. The zero-order valence-electron chi connectivity index (χ0n) is 13.3. The van der Waals surface area contributed by atoms with E-state index in [9.17, 15) is 9.59 Å². The smallest absolute Gasteiger partial charge is 0.285 e. The number of hydrazine groups is 1. The summed E-state index contributed by atoms with van der Waals surface area (Å²) in [5.74, 6) is -0.0533. The third-order valence-corrected chi connectivity index (χ3v) is 4.77. The van der Waals surface area contributed by atoms with Gasteiger partial charge in [-0.2, -0.15) is 5.01 Å². The third kappa shape index (κ3) is 3.89. The van der Waals surface area contributed by atoms with Crippen LogP contribution >= 0.6 is 24.0 Å². The van der Waals surface area contributed by atoms with Crippen LogP contribution in [-0.4, -0.2) is 21.1 Å². The lowest BCUT2D eigenvalue weighted by atomic mass is 10.1. The molecule has 7 heteroatoms. The Balaban J connectivity index is 1.71. The highest BCUT2D eigenvalue weighted by Gasteiger charge is 2.33. The molecule has 0 aliphatic carbocycles. The number of amides is 2. The molecule has 1 N–H and O–H groups in total. The molecule has 0 unspecified atom stereocenters. The second kappa shape index (κ2) is 7.50. The van der Waals surface area contributed by atoms with E-state index in [1.54, 1.807) is 48.8 Å². The zero-order valence-corrected chi connectivity index (χ0v) is 14.9. The molecule has 1 aliphatic heterocycles. The molecule has 0 spiro atoms. The summed E-state index contributed by atoms with van der Waals surface area (Å²) in [5, 5.41) is 1.10. The highest BCUT2D eigenvalue weighted by molar-refractivity contribution is 8.26. The van der Waals surface area contributed by atoms with Crippen LogP contribution in [0.5, 0.6) is 0 Å². The van der Waals surface area contributed by atoms with Crippen LogP contribution in [0, 0.1) is 6.92 Å². The quantitative estimate of drug-likeness (QED) is 0.657. The minimum atomic E-state index is -0.373. The van der Waals surface area contributed by atoms with E-state index in [4.69, 9.17) is 16.6 Å². The molecular weight excluding hydrogens is 356 g/mol. The second-order valence-electron chi connectivity index (χ2n) is 5.17. The Kier molecular flexibility index (Phi) is 5.16. The Morgan fingerprint density at radius 3 is 2.80 bits per heavy atom. The van der Waals surface area contributed by atoms with Crippen molar-refractivity contribution in [3.05, 3.63) is 76.6 Å². The Labute approximate surface area is 154 Å². The Morgan fingerprint density at radius 1 is 1.28 bits per heavy atom. The van der Waals surface area contributed by atoms with E-state index in [0.717, 1.165) is 22.3 Å². The molecule has 1 aliphatic rings. The first-order valence-electron chi connectivity index (χ1n) is 7.41. The molecule has 5 nitrogen and oxygen atoms in total. The molecule has 126 valence electrons. The second-order valence-corrected chi connectivity index (χ2v) is 6.85. The van der Waals surface area contributed by atoms with Gasteiger partial charge in [-0.1, -0.05) is 36.0 Å². The molecule has 2 aromatic rings. The fourth-order valence-electron chi connectivity index (χ4n) is 2.18. The van der Waals surface area contributed by atoms with Crippen LogP contribution in [0.1, 0.15) is 21.7 Å². The molecule has 25 heavy (non-hydrogen) atoms. The number of hydrogen-bond donors (Lipinski definition) is 1. The summed E-state index contributed by atoms with van der Waals surface area (Å²) in [6.07, 6.45) is 6.65. The topological polar surface area (TPSA) is 62.6 Å². The first kappa shape index (κ1) is 17.2. The van der Waals surface area contributed by atoms with E-state index >= 15 is 0 Å². The number of aryl methyl sites for hydroxylation is 1. The van der Waals surface area contributed by atoms with Crippen molar-refractivity contribution in [3.63, 3.8) is 0 Å². The molecule has 1 fully saturated rings. The van der Waals surface area contributed by atoms with Crippen molar-refractivity contribution in [1.29, 1.82) is 0 Å². The number of thioether (sulfide) groups is 1. The number of nitrogens with one attached hydrogen (secondary N) is 1. The van der Waals surface area contributed by atoms with Crippen molar-refractivity contribution in [2.45, 2.75) is 6.92 Å². The number of carbonyl (C=O) groups is 2. The minimum Gasteiger partial charge on any atom is -0.465 e. The SMILES string of the molecule is Cc1ccccc1C(=O)NN1C(=O)C(=CC=Cc2ccco2)SC1=S. The maximum absolute atomic E-state index is 12.4. The predicted molar refractivity (Wildman–Crippen MR) is 102 cm³/mol. The third-order valence-electron chi connectivity index (χ3n) is 3.45. The Morgan fingerprint density at radius 2 is 2.08 bits per heavy atom. The van der Waals surface area contributed by atoms with Crippen molar-refractivity contribution in [2.24, 2.45) is 0 Å². The van der Waals surface area contributed by atoms with E-state index in [0.29, 0.717) is 16.2 Å². The lowest BCUT2D eigenvalue weighted by Crippen LogP contribution is -2.45. The van der Waals surface area contributed by atoms with E-state index in [1.165, 1.54) is 0 Å². The van der Waals surface area contributed by atoms with Crippen molar-refractivity contribution < 1.29 is 14.0 Å². The van der Waals surface area contributed by atoms with Crippen LogP contribution in [-0.2, 0) is 4.79 Å². The average molecular weight is 370 g/mol. The van der Waals surface area contributed by atoms with Gasteiger partial charge < -0.3 is 4.42 Å². The number of furan rings is 1. The van der Waals surface area contributed by atoms with Gasteiger partial charge in [-0.3, -0.25) is 15.0 Å². The summed E-state index contributed by atoms with van der Waals surface area (Å²) < 4.78 is 5.46. The highest BCUT2D eigenvalue weighted by Crippen LogP contribution is 2.29. The van der Waals surface area contributed by atoms with Crippen LogP contribution in [0.4, 0.5) is 0 Å². The van der Waals surface area contributed by atoms with Gasteiger partial charge in [-0.25, -0.2) is 0 Å². The lowest BCUT2D eigenvalue weighted by Gasteiger charge is -2.16. The monoisotopic (exact) mass is 370 g/mol. The van der Waals surface area contributed by atoms with Gasteiger partial charge in [0.15, 0.2) is 4.32 Å². The average Bonchev–Trinajstić information content (AvgIpc) is 3.19. The molecule has 0 saturated carbocycles. The summed E-state index contributed by atoms with van der Waals surface area (Å²) in [6, 6.07) is 10.7. The van der Waals surface area contributed by atoms with E-state index in [1.807, 2.05) is 19.1 Å². The zero-order chi connectivity index (χ0) is 17.8. The standard InChI is InChI=1S/C18H14N2O3S2/c1-12-6-2-3-9-14(12)16(21)19-20-17(22)15(25-18(20)24)10-4-7-13-8-5-11-23-13/h2-11H,1H3,(H,19,21). The summed E-state index contributed by atoms with van der Waals surface area (Å²) in [4.78, 5) is 25.2. The number of allylic oxidation sites excluding steroid dienone is 2. The summed E-state index contributed by atoms with van der Waals surface area (Å²) in [5.41, 5.74) is 3.89. The molecule has 3 rings (SSSR count). The van der Waals surface area contributed by atoms with Gasteiger partial charge in [0, 0.05) is 5.56 Å². The fraction of sp³-hybridized carbons (Fsp3) is 0.0556. The molecule has 2 amide bonds. The fourth-order valence-corrected chi connectivity index (χ4v) is 3.32. The lowest BCUT2D eigenvalue weighted by molar-refractivity contribution is -0.123. The molecule has 0 atom stereocenters. The van der Waals surface area contributed by atoms with Gasteiger partial charge in [-0.15, -0.1) is 0 Å². The number of benzene rings is 1. The van der Waals surface area contributed by atoms with Crippen LogP contribution < -0.4 is 5.43 Å². The van der Waals surface area contributed by atoms with Crippen LogP contribution in [0.3, 0.4) is 0 Å². The van der Waals surface area contributed by atoms with E-state index in [-0.39, 0.29) is 16.1 Å². The molecule has 0 bridgehead atoms. The van der Waals surface area contributed by atoms with Gasteiger partial charge in [-0.05, 0) is 55.1 Å². The Bertz CT molecular complexity index is 885. The number of hydrogen-bond acceptors (Lipinski definition) is 5. The normalized spacial score (nSPS) is 16.2. The van der Waals surface area contributed by atoms with E-state index in [2.05, 4.69) is 5.43 Å². The van der Waals surface area contributed by atoms with Gasteiger partial charge in [0.05, 0.1) is 11.2 Å². The predicted octanol–water partition coefficient (Wildman–Crippen LogP) is 3.69. The maximum Gasteiger partial charge on any atom is 0.285 e. The number of carbonyl (C=O) groups excluding carboxylic acids is 2.